The normalized spacial score (nSPS) is 10.6. The summed E-state index contributed by atoms with van der Waals surface area (Å²) in [5.41, 5.74) is 0.755. The Kier molecular flexibility index (Phi) is 7.43. The van der Waals surface area contributed by atoms with Crippen LogP contribution >= 0.6 is 11.3 Å². The number of phenols is 1. The highest BCUT2D eigenvalue weighted by molar-refractivity contribution is 7.09. The number of rotatable bonds is 8. The third-order valence-electron chi connectivity index (χ3n) is 3.55. The zero-order chi connectivity index (χ0) is 18.1. The van der Waals surface area contributed by atoms with Gasteiger partial charge in [0.2, 0.25) is 5.91 Å². The van der Waals surface area contributed by atoms with Gasteiger partial charge in [-0.15, -0.1) is 11.3 Å². The third-order valence-corrected chi connectivity index (χ3v) is 4.43. The van der Waals surface area contributed by atoms with Gasteiger partial charge in [0, 0.05) is 17.0 Å². The van der Waals surface area contributed by atoms with E-state index < -0.39 is 6.03 Å². The molecule has 1 aromatic carbocycles. The maximum Gasteiger partial charge on any atom is 0.321 e. The van der Waals surface area contributed by atoms with Crippen LogP contribution < -0.4 is 10.6 Å². The minimum atomic E-state index is -0.502. The molecule has 7 heteroatoms. The van der Waals surface area contributed by atoms with Crippen molar-refractivity contribution in [1.29, 1.82) is 0 Å². The number of carbonyl (C=O) groups is 2. The first-order chi connectivity index (χ1) is 12.1. The van der Waals surface area contributed by atoms with Crippen molar-refractivity contribution in [3.05, 3.63) is 52.2 Å². The van der Waals surface area contributed by atoms with Crippen LogP contribution in [0.3, 0.4) is 0 Å². The van der Waals surface area contributed by atoms with Crippen molar-refractivity contribution in [2.75, 3.05) is 13.1 Å². The molecule has 0 unspecified atom stereocenters. The van der Waals surface area contributed by atoms with Crippen LogP contribution in [0.1, 0.15) is 23.8 Å². The first-order valence-electron chi connectivity index (χ1n) is 8.17. The summed E-state index contributed by atoms with van der Waals surface area (Å²) in [6.45, 7) is 3.65. The molecule has 134 valence electrons. The fraction of sp³-hybridized carbons (Fsp3) is 0.333. The number of nitrogens with zero attached hydrogens (tertiary/aromatic N) is 1. The first kappa shape index (κ1) is 19.0. The molecule has 25 heavy (non-hydrogen) atoms. The molecule has 0 radical (unpaired) electrons. The molecular formula is C18H23N3O3S. The molecule has 3 amide bonds. The molecule has 0 aliphatic carbocycles. The van der Waals surface area contributed by atoms with E-state index in [1.165, 1.54) is 0 Å². The van der Waals surface area contributed by atoms with E-state index in [2.05, 4.69) is 10.6 Å². The van der Waals surface area contributed by atoms with E-state index in [4.69, 9.17) is 0 Å². The van der Waals surface area contributed by atoms with Crippen LogP contribution in [0.25, 0.3) is 0 Å². The summed E-state index contributed by atoms with van der Waals surface area (Å²) in [4.78, 5) is 26.8. The fourth-order valence-electron chi connectivity index (χ4n) is 2.41. The van der Waals surface area contributed by atoms with E-state index in [1.54, 1.807) is 23.5 Å². The predicted molar refractivity (Wildman–Crippen MR) is 98.4 cm³/mol. The van der Waals surface area contributed by atoms with Gasteiger partial charge in [-0.05, 0) is 30.5 Å². The molecule has 0 spiro atoms. The number of hydrogen-bond acceptors (Lipinski definition) is 5. The van der Waals surface area contributed by atoms with Gasteiger partial charge in [0.1, 0.15) is 5.75 Å². The van der Waals surface area contributed by atoms with Crippen LogP contribution in [-0.2, 0) is 17.9 Å². The Hall–Kier alpha value is -2.38. The highest BCUT2D eigenvalue weighted by Gasteiger charge is 2.14. The first-order valence-corrected chi connectivity index (χ1v) is 9.05. The van der Waals surface area contributed by atoms with Gasteiger partial charge >= 0.3 is 6.03 Å². The number of amides is 3. The largest absolute Gasteiger partial charge is 0.508 e. The smallest absolute Gasteiger partial charge is 0.321 e. The highest BCUT2D eigenvalue weighted by Crippen LogP contribution is 2.17. The maximum absolute atomic E-state index is 12.1. The number of hydrogen-bond donors (Lipinski definition) is 3. The molecule has 0 aliphatic heterocycles. The number of nitrogens with one attached hydrogen (secondary N) is 2. The quantitative estimate of drug-likeness (QED) is 0.675. The van der Waals surface area contributed by atoms with Crippen molar-refractivity contribution in [2.45, 2.75) is 26.4 Å². The van der Waals surface area contributed by atoms with Crippen molar-refractivity contribution in [1.82, 2.24) is 15.5 Å². The van der Waals surface area contributed by atoms with E-state index in [1.807, 2.05) is 41.5 Å². The van der Waals surface area contributed by atoms with E-state index in [9.17, 15) is 14.7 Å². The number of para-hydroxylation sites is 1. The van der Waals surface area contributed by atoms with Crippen molar-refractivity contribution >= 4 is 23.3 Å². The van der Waals surface area contributed by atoms with Crippen LogP contribution in [0, 0.1) is 0 Å². The van der Waals surface area contributed by atoms with Crippen LogP contribution in [0.4, 0.5) is 4.79 Å². The van der Waals surface area contributed by atoms with Crippen LogP contribution in [0.5, 0.6) is 5.75 Å². The van der Waals surface area contributed by atoms with E-state index in [0.29, 0.717) is 19.6 Å². The summed E-state index contributed by atoms with van der Waals surface area (Å²) in [5, 5.41) is 16.8. The Bertz CT molecular complexity index is 689. The Balaban J connectivity index is 1.82. The molecular weight excluding hydrogens is 338 g/mol. The number of benzene rings is 1. The number of thiophene rings is 1. The molecule has 0 saturated heterocycles. The lowest BCUT2D eigenvalue weighted by atomic mass is 10.2. The molecule has 0 fully saturated rings. The average Bonchev–Trinajstić information content (AvgIpc) is 3.08. The van der Waals surface area contributed by atoms with Gasteiger partial charge in [-0.25, -0.2) is 4.79 Å². The lowest BCUT2D eigenvalue weighted by Crippen LogP contribution is -2.44. The Labute approximate surface area is 151 Å². The van der Waals surface area contributed by atoms with E-state index in [0.717, 1.165) is 16.9 Å². The Morgan fingerprint density at radius 3 is 2.68 bits per heavy atom. The minimum Gasteiger partial charge on any atom is -0.508 e. The summed E-state index contributed by atoms with van der Waals surface area (Å²) in [7, 11) is 0. The van der Waals surface area contributed by atoms with Gasteiger partial charge in [0.25, 0.3) is 0 Å². The SMILES string of the molecule is CCCN(CC(=O)NC(=O)NCc1cccs1)Cc1ccccc1O. The van der Waals surface area contributed by atoms with Gasteiger partial charge in [0.05, 0.1) is 13.1 Å². The van der Waals surface area contributed by atoms with Gasteiger partial charge < -0.3 is 10.4 Å². The summed E-state index contributed by atoms with van der Waals surface area (Å²) >= 11 is 1.54. The summed E-state index contributed by atoms with van der Waals surface area (Å²) in [5.74, 6) is -0.162. The topological polar surface area (TPSA) is 81.7 Å². The fourth-order valence-corrected chi connectivity index (χ4v) is 3.05. The highest BCUT2D eigenvalue weighted by atomic mass is 32.1. The molecule has 0 atom stereocenters. The number of urea groups is 1. The number of aromatic hydroxyl groups is 1. The van der Waals surface area contributed by atoms with Crippen molar-refractivity contribution in [3.63, 3.8) is 0 Å². The van der Waals surface area contributed by atoms with Crippen molar-refractivity contribution < 1.29 is 14.7 Å². The number of imide groups is 1. The monoisotopic (exact) mass is 361 g/mol. The van der Waals surface area contributed by atoms with Gasteiger partial charge in [-0.1, -0.05) is 31.2 Å². The molecule has 0 saturated carbocycles. The molecule has 1 aromatic heterocycles. The average molecular weight is 361 g/mol. The van der Waals surface area contributed by atoms with Crippen LogP contribution in [0.15, 0.2) is 41.8 Å². The Morgan fingerprint density at radius 2 is 2.00 bits per heavy atom. The third kappa shape index (κ3) is 6.56. The minimum absolute atomic E-state index is 0.0919. The molecule has 6 nitrogen and oxygen atoms in total. The zero-order valence-corrected chi connectivity index (χ0v) is 15.0. The van der Waals surface area contributed by atoms with Gasteiger partial charge in [0.15, 0.2) is 0 Å². The molecule has 0 aliphatic rings. The standard InChI is InChI=1S/C18H23N3O3S/c1-2-9-21(12-14-6-3-4-8-16(14)22)13-17(23)20-18(24)19-11-15-7-5-10-25-15/h3-8,10,22H,2,9,11-13H2,1H3,(H2,19,20,23,24). The molecule has 3 N–H and O–H groups in total. The summed E-state index contributed by atoms with van der Waals surface area (Å²) in [6.07, 6.45) is 0.867. The van der Waals surface area contributed by atoms with Gasteiger partial charge in [-0.2, -0.15) is 0 Å². The summed E-state index contributed by atoms with van der Waals surface area (Å²) < 4.78 is 0. The van der Waals surface area contributed by atoms with Crippen molar-refractivity contribution in [2.24, 2.45) is 0 Å². The molecule has 2 rings (SSSR count). The van der Waals surface area contributed by atoms with Crippen molar-refractivity contribution in [3.8, 4) is 5.75 Å². The molecule has 1 heterocycles. The van der Waals surface area contributed by atoms with Crippen LogP contribution in [0.2, 0.25) is 0 Å². The van der Waals surface area contributed by atoms with Gasteiger partial charge in [-0.3, -0.25) is 15.0 Å². The number of phenolic OH excluding ortho intramolecular Hbond substituents is 1. The predicted octanol–water partition coefficient (Wildman–Crippen LogP) is 2.69. The lowest BCUT2D eigenvalue weighted by Gasteiger charge is -2.21. The molecule has 0 bridgehead atoms. The van der Waals surface area contributed by atoms with Crippen LogP contribution in [-0.4, -0.2) is 35.0 Å². The summed E-state index contributed by atoms with van der Waals surface area (Å²) in [6, 6.07) is 10.4. The Morgan fingerprint density at radius 1 is 1.20 bits per heavy atom. The second-order valence-corrected chi connectivity index (χ2v) is 6.68. The maximum atomic E-state index is 12.1. The molecule has 2 aromatic rings. The lowest BCUT2D eigenvalue weighted by molar-refractivity contribution is -0.121. The number of carbonyl (C=O) groups excluding carboxylic acids is 2. The second-order valence-electron chi connectivity index (χ2n) is 5.65. The zero-order valence-electron chi connectivity index (χ0n) is 14.2. The second kappa shape index (κ2) is 9.80. The van der Waals surface area contributed by atoms with E-state index >= 15 is 0 Å². The van der Waals surface area contributed by atoms with E-state index in [-0.39, 0.29) is 18.2 Å².